The van der Waals surface area contributed by atoms with E-state index in [0.29, 0.717) is 38.3 Å². The number of thioether (sulfide) groups is 1. The highest BCUT2D eigenvalue weighted by Crippen LogP contribution is 2.33. The van der Waals surface area contributed by atoms with Crippen molar-refractivity contribution < 1.29 is 4.39 Å². The van der Waals surface area contributed by atoms with Gasteiger partial charge in [-0.2, -0.15) is 0 Å². The molecule has 3 rings (SSSR count). The van der Waals surface area contributed by atoms with Crippen molar-refractivity contribution in [1.82, 2.24) is 14.8 Å². The van der Waals surface area contributed by atoms with Gasteiger partial charge in [-0.25, -0.2) is 4.39 Å². The van der Waals surface area contributed by atoms with E-state index in [0.717, 1.165) is 11.1 Å². The number of hydrogen-bond donors (Lipinski definition) is 0. The molecule has 8 heteroatoms. The van der Waals surface area contributed by atoms with Gasteiger partial charge in [-0.3, -0.25) is 4.57 Å². The summed E-state index contributed by atoms with van der Waals surface area (Å²) >= 11 is 19.8. The molecule has 2 aromatic carbocycles. The van der Waals surface area contributed by atoms with E-state index in [1.54, 1.807) is 30.3 Å². The van der Waals surface area contributed by atoms with Crippen LogP contribution in [0.15, 0.2) is 54.2 Å². The minimum Gasteiger partial charge on any atom is -0.298 e. The van der Waals surface area contributed by atoms with Crippen LogP contribution in [0.25, 0.3) is 11.4 Å². The monoisotopic (exact) mass is 427 g/mol. The van der Waals surface area contributed by atoms with Crippen LogP contribution < -0.4 is 0 Å². The first-order valence-corrected chi connectivity index (χ1v) is 9.67. The molecule has 0 aliphatic rings. The van der Waals surface area contributed by atoms with Gasteiger partial charge in [0.15, 0.2) is 11.0 Å². The third-order valence-corrected chi connectivity index (χ3v) is 5.49. The molecule has 3 nitrogen and oxygen atoms in total. The third kappa shape index (κ3) is 4.23. The van der Waals surface area contributed by atoms with Crippen LogP contribution in [0.5, 0.6) is 0 Å². The van der Waals surface area contributed by atoms with Gasteiger partial charge in [-0.1, -0.05) is 58.7 Å². The Labute approximate surface area is 169 Å². The SMILES string of the molecule is C=CCn1c(SCc2ccc(F)cc2Cl)nnc1-c1ccc(Cl)cc1Cl. The minimum atomic E-state index is -0.363. The van der Waals surface area contributed by atoms with E-state index in [9.17, 15) is 4.39 Å². The van der Waals surface area contributed by atoms with Crippen molar-refractivity contribution in [2.45, 2.75) is 17.5 Å². The van der Waals surface area contributed by atoms with Gasteiger partial charge >= 0.3 is 0 Å². The lowest BCUT2D eigenvalue weighted by Gasteiger charge is -2.09. The highest BCUT2D eigenvalue weighted by atomic mass is 35.5. The molecule has 0 unspecified atom stereocenters. The van der Waals surface area contributed by atoms with Crippen LogP contribution >= 0.6 is 46.6 Å². The number of aromatic nitrogens is 3. The van der Waals surface area contributed by atoms with E-state index >= 15 is 0 Å². The summed E-state index contributed by atoms with van der Waals surface area (Å²) in [5.41, 5.74) is 1.55. The minimum absolute atomic E-state index is 0.363. The zero-order valence-electron chi connectivity index (χ0n) is 13.4. The topological polar surface area (TPSA) is 30.7 Å². The molecule has 1 aromatic heterocycles. The fourth-order valence-electron chi connectivity index (χ4n) is 2.34. The molecule has 0 atom stereocenters. The van der Waals surface area contributed by atoms with Crippen LogP contribution in [0.2, 0.25) is 15.1 Å². The fraction of sp³-hybridized carbons (Fsp3) is 0.111. The standard InChI is InChI=1S/C18H13Cl3FN3S/c1-2-7-25-17(14-6-4-12(19)8-16(14)21)23-24-18(25)26-10-11-3-5-13(22)9-15(11)20/h2-6,8-9H,1,7,10H2. The van der Waals surface area contributed by atoms with Gasteiger partial charge in [-0.05, 0) is 35.9 Å². The molecular formula is C18H13Cl3FN3S. The second-order valence-electron chi connectivity index (χ2n) is 5.35. The molecule has 0 spiro atoms. The molecule has 0 fully saturated rings. The Bertz CT molecular complexity index is 959. The number of hydrogen-bond acceptors (Lipinski definition) is 3. The maximum absolute atomic E-state index is 13.2. The summed E-state index contributed by atoms with van der Waals surface area (Å²) in [5, 5.41) is 10.6. The number of allylic oxidation sites excluding steroid dienone is 1. The molecule has 0 aliphatic carbocycles. The predicted molar refractivity (Wildman–Crippen MR) is 107 cm³/mol. The molecule has 0 bridgehead atoms. The highest BCUT2D eigenvalue weighted by Gasteiger charge is 2.16. The molecule has 0 N–H and O–H groups in total. The Hall–Kier alpha value is -1.53. The van der Waals surface area contributed by atoms with E-state index in [1.807, 2.05) is 4.57 Å². The molecule has 3 aromatic rings. The van der Waals surface area contributed by atoms with Gasteiger partial charge in [0, 0.05) is 27.9 Å². The number of nitrogens with zero attached hydrogens (tertiary/aromatic N) is 3. The molecule has 0 saturated carbocycles. The maximum atomic E-state index is 13.2. The lowest BCUT2D eigenvalue weighted by molar-refractivity contribution is 0.627. The van der Waals surface area contributed by atoms with E-state index in [1.165, 1.54) is 23.9 Å². The molecule has 0 amide bonds. The van der Waals surface area contributed by atoms with Crippen molar-refractivity contribution in [3.63, 3.8) is 0 Å². The van der Waals surface area contributed by atoms with Crippen LogP contribution in [-0.4, -0.2) is 14.8 Å². The van der Waals surface area contributed by atoms with E-state index in [2.05, 4.69) is 16.8 Å². The summed E-state index contributed by atoms with van der Waals surface area (Å²) < 4.78 is 15.1. The summed E-state index contributed by atoms with van der Waals surface area (Å²) in [6.07, 6.45) is 1.76. The van der Waals surface area contributed by atoms with E-state index in [4.69, 9.17) is 34.8 Å². The molecule has 26 heavy (non-hydrogen) atoms. The lowest BCUT2D eigenvalue weighted by Crippen LogP contribution is -2.01. The molecule has 134 valence electrons. The number of benzene rings is 2. The average Bonchev–Trinajstić information content (AvgIpc) is 2.97. The Kier molecular flexibility index (Phi) is 6.24. The third-order valence-electron chi connectivity index (χ3n) is 3.57. The van der Waals surface area contributed by atoms with Gasteiger partial charge in [0.2, 0.25) is 0 Å². The van der Waals surface area contributed by atoms with Crippen molar-refractivity contribution in [3.05, 3.63) is 75.5 Å². The largest absolute Gasteiger partial charge is 0.298 e. The summed E-state index contributed by atoms with van der Waals surface area (Å²) in [6, 6.07) is 9.56. The fourth-order valence-corrected chi connectivity index (χ4v) is 4.10. The first-order valence-electron chi connectivity index (χ1n) is 7.56. The second kappa shape index (κ2) is 8.44. The smallest absolute Gasteiger partial charge is 0.192 e. The maximum Gasteiger partial charge on any atom is 0.192 e. The van der Waals surface area contributed by atoms with Crippen molar-refractivity contribution in [2.24, 2.45) is 0 Å². The predicted octanol–water partition coefficient (Wildman–Crippen LogP) is 6.52. The van der Waals surface area contributed by atoms with Gasteiger partial charge < -0.3 is 0 Å². The Morgan fingerprint density at radius 2 is 1.88 bits per heavy atom. The lowest BCUT2D eigenvalue weighted by atomic mass is 10.2. The highest BCUT2D eigenvalue weighted by molar-refractivity contribution is 7.98. The second-order valence-corrected chi connectivity index (χ2v) is 7.55. The number of halogens is 4. The van der Waals surface area contributed by atoms with E-state index < -0.39 is 0 Å². The van der Waals surface area contributed by atoms with Crippen molar-refractivity contribution in [2.75, 3.05) is 0 Å². The Morgan fingerprint density at radius 1 is 1.08 bits per heavy atom. The first kappa shape index (κ1) is 19.2. The Morgan fingerprint density at radius 3 is 2.58 bits per heavy atom. The molecule has 0 radical (unpaired) electrons. The zero-order valence-corrected chi connectivity index (χ0v) is 16.5. The van der Waals surface area contributed by atoms with Crippen LogP contribution in [0.3, 0.4) is 0 Å². The van der Waals surface area contributed by atoms with Crippen molar-refractivity contribution in [1.29, 1.82) is 0 Å². The quantitative estimate of drug-likeness (QED) is 0.330. The number of rotatable bonds is 6. The van der Waals surface area contributed by atoms with Crippen LogP contribution in [0, 0.1) is 5.82 Å². The van der Waals surface area contributed by atoms with Crippen LogP contribution in [-0.2, 0) is 12.3 Å². The summed E-state index contributed by atoms with van der Waals surface area (Å²) in [4.78, 5) is 0. The summed E-state index contributed by atoms with van der Waals surface area (Å²) in [6.45, 7) is 4.30. The summed E-state index contributed by atoms with van der Waals surface area (Å²) in [7, 11) is 0. The van der Waals surface area contributed by atoms with Gasteiger partial charge in [0.1, 0.15) is 5.82 Å². The molecule has 0 saturated heterocycles. The van der Waals surface area contributed by atoms with Gasteiger partial charge in [0.05, 0.1) is 5.02 Å². The van der Waals surface area contributed by atoms with Gasteiger partial charge in [0.25, 0.3) is 0 Å². The van der Waals surface area contributed by atoms with Crippen LogP contribution in [0.4, 0.5) is 4.39 Å². The normalized spacial score (nSPS) is 10.9. The van der Waals surface area contributed by atoms with Gasteiger partial charge in [-0.15, -0.1) is 16.8 Å². The average molecular weight is 429 g/mol. The Balaban J connectivity index is 1.90. The van der Waals surface area contributed by atoms with Crippen LogP contribution in [0.1, 0.15) is 5.56 Å². The molecular weight excluding hydrogens is 416 g/mol. The molecule has 1 heterocycles. The van der Waals surface area contributed by atoms with Crippen molar-refractivity contribution in [3.8, 4) is 11.4 Å². The zero-order chi connectivity index (χ0) is 18.7. The van der Waals surface area contributed by atoms with Crippen molar-refractivity contribution >= 4 is 46.6 Å². The first-order chi connectivity index (χ1) is 12.5. The summed E-state index contributed by atoms with van der Waals surface area (Å²) in [5.74, 6) is 0.792. The van der Waals surface area contributed by atoms with E-state index in [-0.39, 0.29) is 5.82 Å². The molecule has 0 aliphatic heterocycles.